The van der Waals surface area contributed by atoms with Gasteiger partial charge in [0.25, 0.3) is 0 Å². The van der Waals surface area contributed by atoms with Crippen molar-refractivity contribution in [1.82, 2.24) is 4.72 Å². The Labute approximate surface area is 210 Å². The second-order valence-electron chi connectivity index (χ2n) is 8.26. The van der Waals surface area contributed by atoms with Crippen LogP contribution < -0.4 is 10.3 Å². The van der Waals surface area contributed by atoms with Crippen molar-refractivity contribution in [3.63, 3.8) is 0 Å². The highest BCUT2D eigenvalue weighted by molar-refractivity contribution is 7.89. The van der Waals surface area contributed by atoms with Crippen LogP contribution in [0.3, 0.4) is 0 Å². The largest absolute Gasteiger partial charge is 0.423 e. The lowest BCUT2D eigenvalue weighted by Crippen LogP contribution is -2.24. The zero-order valence-electron chi connectivity index (χ0n) is 19.0. The minimum absolute atomic E-state index is 0.107. The van der Waals surface area contributed by atoms with Crippen LogP contribution in [0.1, 0.15) is 27.8 Å². The minimum atomic E-state index is -4.78. The van der Waals surface area contributed by atoms with Crippen LogP contribution >= 0.6 is 0 Å². The average molecular weight is 559 g/mol. The molecule has 1 aromatic heterocycles. The first-order valence-corrected chi connectivity index (χ1v) is 12.2. The van der Waals surface area contributed by atoms with Crippen LogP contribution in [0.25, 0.3) is 11.0 Å². The number of sulfonamides is 1. The maximum Gasteiger partial charge on any atom is 0.417 e. The first-order chi connectivity index (χ1) is 17.6. The van der Waals surface area contributed by atoms with Gasteiger partial charge in [-0.3, -0.25) is 0 Å². The highest BCUT2D eigenvalue weighted by Gasteiger charge is 2.34. The fourth-order valence-corrected chi connectivity index (χ4v) is 4.73. The van der Waals surface area contributed by atoms with Crippen molar-refractivity contribution >= 4 is 21.0 Å². The van der Waals surface area contributed by atoms with Crippen LogP contribution in [0.15, 0.2) is 80.8 Å². The molecule has 4 rings (SSSR count). The third-order valence-corrected chi connectivity index (χ3v) is 7.00. The topological polar surface area (TPSA) is 76.4 Å². The van der Waals surface area contributed by atoms with E-state index in [9.17, 15) is 43.9 Å². The molecule has 0 amide bonds. The molecule has 0 aliphatic rings. The molecule has 0 aliphatic heterocycles. The number of benzene rings is 3. The molecule has 5 nitrogen and oxygen atoms in total. The highest BCUT2D eigenvalue weighted by Crippen LogP contribution is 2.34. The van der Waals surface area contributed by atoms with Gasteiger partial charge in [0.05, 0.1) is 16.0 Å². The fraction of sp³-hybridized carbons (Fsp3) is 0.160. The number of rotatable bonds is 6. The molecule has 0 fully saturated rings. The number of alkyl halides is 6. The maximum atomic E-state index is 13.9. The Morgan fingerprint density at radius 1 is 0.789 bits per heavy atom. The van der Waals surface area contributed by atoms with Gasteiger partial charge in [0, 0.05) is 23.6 Å². The molecule has 0 saturated heterocycles. The Morgan fingerprint density at radius 2 is 1.45 bits per heavy atom. The van der Waals surface area contributed by atoms with Crippen molar-refractivity contribution in [2.24, 2.45) is 0 Å². The molecule has 1 N–H and O–H groups in total. The highest BCUT2D eigenvalue weighted by atomic mass is 32.2. The summed E-state index contributed by atoms with van der Waals surface area (Å²) in [6, 6.07) is 11.1. The molecule has 0 aliphatic carbocycles. The number of hydrogen-bond acceptors (Lipinski definition) is 4. The van der Waals surface area contributed by atoms with E-state index in [4.69, 9.17) is 4.42 Å². The Kier molecular flexibility index (Phi) is 7.10. The lowest BCUT2D eigenvalue weighted by atomic mass is 10.0. The molecule has 3 aromatic carbocycles. The molecule has 0 radical (unpaired) electrons. The smallest absolute Gasteiger partial charge is 0.417 e. The van der Waals surface area contributed by atoms with Gasteiger partial charge >= 0.3 is 18.0 Å². The summed E-state index contributed by atoms with van der Waals surface area (Å²) in [4.78, 5) is 11.2. The minimum Gasteiger partial charge on any atom is -0.423 e. The summed E-state index contributed by atoms with van der Waals surface area (Å²) in [5.41, 5.74) is -3.20. The van der Waals surface area contributed by atoms with Gasteiger partial charge in [-0.2, -0.15) is 26.3 Å². The quantitative estimate of drug-likeness (QED) is 0.231. The van der Waals surface area contributed by atoms with Crippen molar-refractivity contribution in [2.75, 3.05) is 0 Å². The summed E-state index contributed by atoms with van der Waals surface area (Å²) in [5, 5.41) is -0.306. The molecule has 38 heavy (non-hydrogen) atoms. The molecule has 0 unspecified atom stereocenters. The Morgan fingerprint density at radius 3 is 2.08 bits per heavy atom. The van der Waals surface area contributed by atoms with Gasteiger partial charge in [-0.1, -0.05) is 18.2 Å². The van der Waals surface area contributed by atoms with Gasteiger partial charge < -0.3 is 4.42 Å². The zero-order chi connectivity index (χ0) is 27.9. The number of nitrogens with one attached hydrogen (secondary N) is 1. The van der Waals surface area contributed by atoms with Crippen LogP contribution in [0.2, 0.25) is 0 Å². The zero-order valence-corrected chi connectivity index (χ0v) is 19.8. The number of halogens is 7. The van der Waals surface area contributed by atoms with Gasteiger partial charge in [-0.15, -0.1) is 0 Å². The van der Waals surface area contributed by atoms with E-state index in [2.05, 4.69) is 0 Å². The first kappa shape index (κ1) is 27.3. The Bertz CT molecular complexity index is 1660. The van der Waals surface area contributed by atoms with Crippen LogP contribution in [0.4, 0.5) is 30.7 Å². The van der Waals surface area contributed by atoms with Crippen molar-refractivity contribution in [2.45, 2.75) is 30.2 Å². The standard InChI is InChI=1S/C25H16F7NO4S/c26-21-7-4-17(24(27,28)29)11-16(21)13-33-38(35,36)18-5-1-14(2-6-18)9-15-3-8-22-19(10-15)20(25(30,31)32)12-23(34)37-22/h1-8,10-12,33H,9,13H2. The monoisotopic (exact) mass is 559 g/mol. The average Bonchev–Trinajstić information content (AvgIpc) is 2.82. The van der Waals surface area contributed by atoms with E-state index < -0.39 is 57.1 Å². The third-order valence-electron chi connectivity index (χ3n) is 5.58. The molecule has 0 spiro atoms. The van der Waals surface area contributed by atoms with Gasteiger partial charge in [0.15, 0.2) is 0 Å². The molecule has 0 bridgehead atoms. The van der Waals surface area contributed by atoms with Crippen molar-refractivity contribution in [1.29, 1.82) is 0 Å². The summed E-state index contributed by atoms with van der Waals surface area (Å²) in [6.07, 6.45) is -9.41. The van der Waals surface area contributed by atoms with Crippen molar-refractivity contribution < 1.29 is 43.6 Å². The molecular weight excluding hydrogens is 543 g/mol. The normalized spacial score (nSPS) is 12.7. The van der Waals surface area contributed by atoms with Gasteiger partial charge in [0.2, 0.25) is 10.0 Å². The molecular formula is C25H16F7NO4S. The van der Waals surface area contributed by atoms with Crippen LogP contribution in [-0.4, -0.2) is 8.42 Å². The first-order valence-electron chi connectivity index (χ1n) is 10.7. The van der Waals surface area contributed by atoms with Crippen LogP contribution in [0.5, 0.6) is 0 Å². The fourth-order valence-electron chi connectivity index (χ4n) is 3.72. The molecule has 0 atom stereocenters. The summed E-state index contributed by atoms with van der Waals surface area (Å²) in [7, 11) is -4.23. The second kappa shape index (κ2) is 9.87. The molecule has 4 aromatic rings. The van der Waals surface area contributed by atoms with E-state index in [1.807, 2.05) is 4.72 Å². The lowest BCUT2D eigenvalue weighted by molar-refractivity contribution is -0.138. The maximum absolute atomic E-state index is 13.9. The SMILES string of the molecule is O=c1cc(C(F)(F)F)c2cc(Cc3ccc(S(=O)(=O)NCc4cc(C(F)(F)F)ccc4F)cc3)ccc2o1. The van der Waals surface area contributed by atoms with E-state index in [-0.39, 0.29) is 22.3 Å². The van der Waals surface area contributed by atoms with Crippen LogP contribution in [0, 0.1) is 5.82 Å². The van der Waals surface area contributed by atoms with Crippen molar-refractivity contribution in [3.8, 4) is 0 Å². The predicted molar refractivity (Wildman–Crippen MR) is 122 cm³/mol. The van der Waals surface area contributed by atoms with Crippen LogP contribution in [-0.2, 0) is 35.3 Å². The van der Waals surface area contributed by atoms with Gasteiger partial charge in [-0.05, 0) is 60.0 Å². The second-order valence-corrected chi connectivity index (χ2v) is 10.0. The number of hydrogen-bond donors (Lipinski definition) is 1. The summed E-state index contributed by atoms with van der Waals surface area (Å²) in [5.74, 6) is -1.01. The Balaban J connectivity index is 1.52. The van der Waals surface area contributed by atoms with E-state index in [1.165, 1.54) is 42.5 Å². The van der Waals surface area contributed by atoms with E-state index in [1.54, 1.807) is 0 Å². The predicted octanol–water partition coefficient (Wildman–Crippen LogP) is 6.04. The number of fused-ring (bicyclic) bond motifs is 1. The van der Waals surface area contributed by atoms with Gasteiger partial charge in [0.1, 0.15) is 11.4 Å². The third kappa shape index (κ3) is 6.05. The molecule has 200 valence electrons. The van der Waals surface area contributed by atoms with Gasteiger partial charge in [-0.25, -0.2) is 22.3 Å². The molecule has 1 heterocycles. The van der Waals surface area contributed by atoms with E-state index in [0.29, 0.717) is 35.4 Å². The summed E-state index contributed by atoms with van der Waals surface area (Å²) < 4.78 is 125. The summed E-state index contributed by atoms with van der Waals surface area (Å²) >= 11 is 0. The van der Waals surface area contributed by atoms with E-state index >= 15 is 0 Å². The lowest BCUT2D eigenvalue weighted by Gasteiger charge is -2.12. The molecule has 0 saturated carbocycles. The molecule has 13 heteroatoms. The Hall–Kier alpha value is -3.71. The van der Waals surface area contributed by atoms with E-state index in [0.717, 1.165) is 0 Å². The van der Waals surface area contributed by atoms with Crippen molar-refractivity contribution in [3.05, 3.63) is 111 Å². The summed E-state index contributed by atoms with van der Waals surface area (Å²) in [6.45, 7) is -0.728.